The first kappa shape index (κ1) is 15.4. The van der Waals surface area contributed by atoms with Crippen LogP contribution in [0.1, 0.15) is 28.6 Å². The largest absolute Gasteiger partial charge is 0.467 e. The van der Waals surface area contributed by atoms with Gasteiger partial charge in [-0.25, -0.2) is 9.97 Å². The van der Waals surface area contributed by atoms with E-state index >= 15 is 0 Å². The van der Waals surface area contributed by atoms with Gasteiger partial charge in [0.05, 0.1) is 18.4 Å². The summed E-state index contributed by atoms with van der Waals surface area (Å²) in [4.78, 5) is 23.2. The second-order valence-electron chi connectivity index (χ2n) is 6.09. The molecule has 0 saturated heterocycles. The van der Waals surface area contributed by atoms with Crippen molar-refractivity contribution in [1.29, 1.82) is 0 Å². The second kappa shape index (κ2) is 6.39. The molecular formula is C19H18N4O2. The summed E-state index contributed by atoms with van der Waals surface area (Å²) in [7, 11) is 0. The number of para-hydroxylation sites is 1. The molecule has 0 radical (unpaired) electrons. The Hall–Kier alpha value is -3.15. The van der Waals surface area contributed by atoms with Gasteiger partial charge in [0.15, 0.2) is 0 Å². The lowest BCUT2D eigenvalue weighted by Gasteiger charge is -2.22. The van der Waals surface area contributed by atoms with Gasteiger partial charge in [-0.1, -0.05) is 18.2 Å². The number of hydrogen-bond acceptors (Lipinski definition) is 5. The molecule has 0 fully saturated rings. The number of carbonyl (C=O) groups is 1. The Balaban J connectivity index is 1.49. The van der Waals surface area contributed by atoms with Crippen LogP contribution in [-0.2, 0) is 13.0 Å². The van der Waals surface area contributed by atoms with E-state index in [-0.39, 0.29) is 11.9 Å². The van der Waals surface area contributed by atoms with Gasteiger partial charge in [-0.3, -0.25) is 4.79 Å². The Bertz CT molecular complexity index is 875. The molecule has 4 rings (SSSR count). The number of furan rings is 1. The number of hydrogen-bond donors (Lipinski definition) is 1. The minimum Gasteiger partial charge on any atom is -0.467 e. The van der Waals surface area contributed by atoms with Crippen molar-refractivity contribution in [2.24, 2.45) is 0 Å². The van der Waals surface area contributed by atoms with Gasteiger partial charge in [-0.15, -0.1) is 0 Å². The fraction of sp³-hybridized carbons (Fsp3) is 0.211. The summed E-state index contributed by atoms with van der Waals surface area (Å²) in [5.41, 5.74) is 2.65. The highest BCUT2D eigenvalue weighted by atomic mass is 16.3. The quantitative estimate of drug-likeness (QED) is 0.793. The molecule has 1 aromatic carbocycles. The molecule has 0 bridgehead atoms. The molecule has 3 aromatic rings. The average Bonchev–Trinajstić information content (AvgIpc) is 3.26. The van der Waals surface area contributed by atoms with Crippen molar-refractivity contribution in [3.63, 3.8) is 0 Å². The van der Waals surface area contributed by atoms with Crippen molar-refractivity contribution in [2.75, 3.05) is 10.2 Å². The van der Waals surface area contributed by atoms with E-state index in [0.717, 1.165) is 17.9 Å². The zero-order chi connectivity index (χ0) is 17.2. The smallest absolute Gasteiger partial charge is 0.261 e. The summed E-state index contributed by atoms with van der Waals surface area (Å²) in [5, 5.41) is 3.07. The maximum absolute atomic E-state index is 12.9. The first-order chi connectivity index (χ1) is 12.2. The van der Waals surface area contributed by atoms with Crippen molar-refractivity contribution in [2.45, 2.75) is 25.9 Å². The van der Waals surface area contributed by atoms with E-state index < -0.39 is 0 Å². The third kappa shape index (κ3) is 2.98. The van der Waals surface area contributed by atoms with Gasteiger partial charge in [0.2, 0.25) is 5.95 Å². The minimum absolute atomic E-state index is 0.0740. The molecular weight excluding hydrogens is 316 g/mol. The third-order valence-corrected chi connectivity index (χ3v) is 4.33. The van der Waals surface area contributed by atoms with Crippen LogP contribution in [0.15, 0.2) is 59.5 Å². The normalized spacial score (nSPS) is 15.9. The number of rotatable bonds is 4. The van der Waals surface area contributed by atoms with Crippen LogP contribution in [0.5, 0.6) is 0 Å². The highest BCUT2D eigenvalue weighted by molar-refractivity contribution is 6.07. The minimum atomic E-state index is -0.0740. The average molecular weight is 334 g/mol. The van der Waals surface area contributed by atoms with Crippen LogP contribution in [0, 0.1) is 0 Å². The standard InChI is InChI=1S/C19H18N4O2/c1-13-9-14-5-2-3-7-17(14)23(13)18(24)15-10-20-19(21-11-15)22-12-16-6-4-8-25-16/h2-8,10-11,13H,9,12H2,1H3,(H,20,21,22). The number of amides is 1. The molecule has 1 atom stereocenters. The molecule has 1 amide bonds. The van der Waals surface area contributed by atoms with Crippen molar-refractivity contribution in [1.82, 2.24) is 9.97 Å². The van der Waals surface area contributed by atoms with Gasteiger partial charge in [0, 0.05) is 24.1 Å². The Labute approximate surface area is 145 Å². The molecule has 0 aliphatic carbocycles. The Kier molecular flexibility index (Phi) is 3.93. The molecule has 25 heavy (non-hydrogen) atoms. The number of benzene rings is 1. The van der Waals surface area contributed by atoms with Crippen LogP contribution in [0.3, 0.4) is 0 Å². The number of nitrogens with zero attached hydrogens (tertiary/aromatic N) is 3. The molecule has 1 aliphatic heterocycles. The molecule has 6 heteroatoms. The van der Waals surface area contributed by atoms with Crippen molar-refractivity contribution in [3.8, 4) is 0 Å². The SMILES string of the molecule is CC1Cc2ccccc2N1C(=O)c1cnc(NCc2ccco2)nc1. The van der Waals surface area contributed by atoms with Crippen molar-refractivity contribution in [3.05, 3.63) is 71.9 Å². The summed E-state index contributed by atoms with van der Waals surface area (Å²) in [6.07, 6.45) is 5.61. The van der Waals surface area contributed by atoms with Crippen LogP contribution < -0.4 is 10.2 Å². The van der Waals surface area contributed by atoms with E-state index in [1.165, 1.54) is 5.56 Å². The van der Waals surface area contributed by atoms with Crippen molar-refractivity contribution >= 4 is 17.5 Å². The molecule has 1 unspecified atom stereocenters. The Morgan fingerprint density at radius 1 is 1.24 bits per heavy atom. The monoisotopic (exact) mass is 334 g/mol. The van der Waals surface area contributed by atoms with Gasteiger partial charge >= 0.3 is 0 Å². The van der Waals surface area contributed by atoms with Gasteiger partial charge in [-0.05, 0) is 37.1 Å². The van der Waals surface area contributed by atoms with E-state index in [1.54, 1.807) is 18.7 Å². The van der Waals surface area contributed by atoms with E-state index in [4.69, 9.17) is 4.42 Å². The molecule has 1 aliphatic rings. The van der Waals surface area contributed by atoms with Crippen LogP contribution >= 0.6 is 0 Å². The maximum atomic E-state index is 12.9. The van der Waals surface area contributed by atoms with Gasteiger partial charge < -0.3 is 14.6 Å². The molecule has 0 spiro atoms. The van der Waals surface area contributed by atoms with Crippen LogP contribution in [-0.4, -0.2) is 21.9 Å². The van der Waals surface area contributed by atoms with Gasteiger partial charge in [0.1, 0.15) is 5.76 Å². The lowest BCUT2D eigenvalue weighted by atomic mass is 10.1. The number of anilines is 2. The molecule has 1 N–H and O–H groups in total. The summed E-state index contributed by atoms with van der Waals surface area (Å²) in [6, 6.07) is 11.8. The van der Waals surface area contributed by atoms with Gasteiger partial charge in [0.25, 0.3) is 5.91 Å². The fourth-order valence-electron chi connectivity index (χ4n) is 3.12. The lowest BCUT2D eigenvalue weighted by Crippen LogP contribution is -2.35. The van der Waals surface area contributed by atoms with Gasteiger partial charge in [-0.2, -0.15) is 0 Å². The van der Waals surface area contributed by atoms with E-state index in [9.17, 15) is 4.79 Å². The Morgan fingerprint density at radius 2 is 2.04 bits per heavy atom. The molecule has 0 saturated carbocycles. The predicted octanol–water partition coefficient (Wildman–Crippen LogP) is 3.27. The van der Waals surface area contributed by atoms with Crippen LogP contribution in [0.25, 0.3) is 0 Å². The van der Waals surface area contributed by atoms with E-state index in [0.29, 0.717) is 18.1 Å². The molecule has 126 valence electrons. The summed E-state index contributed by atoms with van der Waals surface area (Å²) in [5.74, 6) is 1.18. The summed E-state index contributed by atoms with van der Waals surface area (Å²) in [6.45, 7) is 2.55. The van der Waals surface area contributed by atoms with Crippen LogP contribution in [0.2, 0.25) is 0 Å². The highest BCUT2D eigenvalue weighted by Gasteiger charge is 2.31. The lowest BCUT2D eigenvalue weighted by molar-refractivity contribution is 0.0981. The third-order valence-electron chi connectivity index (χ3n) is 4.33. The summed E-state index contributed by atoms with van der Waals surface area (Å²) >= 11 is 0. The second-order valence-corrected chi connectivity index (χ2v) is 6.09. The number of carbonyl (C=O) groups excluding carboxylic acids is 1. The topological polar surface area (TPSA) is 71.3 Å². The first-order valence-corrected chi connectivity index (χ1v) is 8.22. The van der Waals surface area contributed by atoms with Crippen molar-refractivity contribution < 1.29 is 9.21 Å². The van der Waals surface area contributed by atoms with E-state index in [2.05, 4.69) is 28.3 Å². The van der Waals surface area contributed by atoms with Crippen LogP contribution in [0.4, 0.5) is 11.6 Å². The van der Waals surface area contributed by atoms with E-state index in [1.807, 2.05) is 35.2 Å². The number of aromatic nitrogens is 2. The molecule has 2 aromatic heterocycles. The zero-order valence-corrected chi connectivity index (χ0v) is 13.8. The highest BCUT2D eigenvalue weighted by Crippen LogP contribution is 2.32. The predicted molar refractivity (Wildman–Crippen MR) is 94.5 cm³/mol. The maximum Gasteiger partial charge on any atom is 0.261 e. The molecule has 3 heterocycles. The zero-order valence-electron chi connectivity index (χ0n) is 13.8. The number of fused-ring (bicyclic) bond motifs is 1. The Morgan fingerprint density at radius 3 is 2.80 bits per heavy atom. The fourth-order valence-corrected chi connectivity index (χ4v) is 3.12. The first-order valence-electron chi connectivity index (χ1n) is 8.22. The number of nitrogens with one attached hydrogen (secondary N) is 1. The molecule has 6 nitrogen and oxygen atoms in total. The summed E-state index contributed by atoms with van der Waals surface area (Å²) < 4.78 is 5.25.